The van der Waals surface area contributed by atoms with Gasteiger partial charge in [-0.3, -0.25) is 4.79 Å². The lowest BCUT2D eigenvalue weighted by molar-refractivity contribution is 0.612. The van der Waals surface area contributed by atoms with Crippen LogP contribution in [0.3, 0.4) is 0 Å². The standard InChI is InChI=1S/C16H12FN3O/c17-14-3-1-2-10-7-20(8-13(10)14)11-4-5-15-12(6-11)16(21)19-9-18-15/h1-6,9H,7-8H2,(H,18,19,21). The van der Waals surface area contributed by atoms with Gasteiger partial charge in [-0.2, -0.15) is 0 Å². The highest BCUT2D eigenvalue weighted by Gasteiger charge is 2.22. The monoisotopic (exact) mass is 281 g/mol. The van der Waals surface area contributed by atoms with Gasteiger partial charge in [-0.1, -0.05) is 12.1 Å². The molecule has 3 aromatic rings. The summed E-state index contributed by atoms with van der Waals surface area (Å²) in [5, 5.41) is 0.548. The number of benzene rings is 2. The number of aromatic nitrogens is 2. The molecule has 104 valence electrons. The molecule has 0 fully saturated rings. The molecule has 1 aliphatic heterocycles. The van der Waals surface area contributed by atoms with Crippen molar-refractivity contribution in [2.24, 2.45) is 0 Å². The number of rotatable bonds is 1. The van der Waals surface area contributed by atoms with E-state index in [2.05, 4.69) is 14.9 Å². The second kappa shape index (κ2) is 4.41. The van der Waals surface area contributed by atoms with Crippen LogP contribution in [0.1, 0.15) is 11.1 Å². The van der Waals surface area contributed by atoms with E-state index in [1.807, 2.05) is 24.3 Å². The summed E-state index contributed by atoms with van der Waals surface area (Å²) in [4.78, 5) is 20.6. The summed E-state index contributed by atoms with van der Waals surface area (Å²) in [6.45, 7) is 1.17. The minimum absolute atomic E-state index is 0.162. The molecule has 0 unspecified atom stereocenters. The molecule has 0 bridgehead atoms. The molecule has 0 saturated carbocycles. The van der Waals surface area contributed by atoms with E-state index >= 15 is 0 Å². The van der Waals surface area contributed by atoms with Gasteiger partial charge in [0, 0.05) is 24.3 Å². The first-order valence-corrected chi connectivity index (χ1v) is 6.71. The Morgan fingerprint density at radius 3 is 2.95 bits per heavy atom. The van der Waals surface area contributed by atoms with Gasteiger partial charge in [-0.15, -0.1) is 0 Å². The van der Waals surface area contributed by atoms with Gasteiger partial charge < -0.3 is 9.88 Å². The highest BCUT2D eigenvalue weighted by Crippen LogP contribution is 2.30. The minimum atomic E-state index is -0.171. The molecule has 0 aliphatic carbocycles. The maximum atomic E-state index is 13.8. The third-order valence-corrected chi connectivity index (χ3v) is 3.92. The Hall–Kier alpha value is -2.69. The number of halogens is 1. The SMILES string of the molecule is O=c1[nH]cnc2ccc(N3Cc4cccc(F)c4C3)cc12. The summed E-state index contributed by atoms with van der Waals surface area (Å²) in [6, 6.07) is 10.7. The highest BCUT2D eigenvalue weighted by molar-refractivity contribution is 5.81. The van der Waals surface area contributed by atoms with Gasteiger partial charge in [0.05, 0.1) is 17.2 Å². The number of nitrogens with zero attached hydrogens (tertiary/aromatic N) is 2. The zero-order valence-electron chi connectivity index (χ0n) is 11.1. The maximum Gasteiger partial charge on any atom is 0.258 e. The largest absolute Gasteiger partial charge is 0.363 e. The van der Waals surface area contributed by atoms with Crippen LogP contribution in [-0.2, 0) is 13.1 Å². The Labute approximate surface area is 119 Å². The first-order chi connectivity index (χ1) is 10.2. The molecule has 1 aromatic heterocycles. The zero-order chi connectivity index (χ0) is 14.4. The molecule has 2 heterocycles. The Morgan fingerprint density at radius 1 is 1.19 bits per heavy atom. The van der Waals surface area contributed by atoms with Crippen molar-refractivity contribution in [2.75, 3.05) is 4.90 Å². The fraction of sp³-hybridized carbons (Fsp3) is 0.125. The normalized spacial score (nSPS) is 13.7. The van der Waals surface area contributed by atoms with Crippen LogP contribution in [0.4, 0.5) is 10.1 Å². The van der Waals surface area contributed by atoms with Gasteiger partial charge in [-0.25, -0.2) is 9.37 Å². The summed E-state index contributed by atoms with van der Waals surface area (Å²) in [5.74, 6) is -0.171. The van der Waals surface area contributed by atoms with E-state index in [0.717, 1.165) is 16.8 Å². The van der Waals surface area contributed by atoms with Crippen molar-refractivity contribution >= 4 is 16.6 Å². The molecule has 0 atom stereocenters. The Kier molecular flexibility index (Phi) is 2.54. The van der Waals surface area contributed by atoms with Crippen molar-refractivity contribution in [1.29, 1.82) is 0 Å². The maximum absolute atomic E-state index is 13.8. The summed E-state index contributed by atoms with van der Waals surface area (Å²) < 4.78 is 13.8. The van der Waals surface area contributed by atoms with Crippen LogP contribution in [0.2, 0.25) is 0 Å². The summed E-state index contributed by atoms with van der Waals surface area (Å²) in [7, 11) is 0. The van der Waals surface area contributed by atoms with Crippen molar-refractivity contribution in [3.05, 3.63) is 70.0 Å². The van der Waals surface area contributed by atoms with E-state index in [-0.39, 0.29) is 11.4 Å². The number of nitrogens with one attached hydrogen (secondary N) is 1. The number of fused-ring (bicyclic) bond motifs is 2. The third kappa shape index (κ3) is 1.89. The van der Waals surface area contributed by atoms with E-state index < -0.39 is 0 Å². The smallest absolute Gasteiger partial charge is 0.258 e. The van der Waals surface area contributed by atoms with Gasteiger partial charge >= 0.3 is 0 Å². The molecule has 21 heavy (non-hydrogen) atoms. The van der Waals surface area contributed by atoms with Crippen molar-refractivity contribution in [2.45, 2.75) is 13.1 Å². The van der Waals surface area contributed by atoms with Gasteiger partial charge in [0.15, 0.2) is 0 Å². The van der Waals surface area contributed by atoms with E-state index in [1.54, 1.807) is 6.07 Å². The average Bonchev–Trinajstić information content (AvgIpc) is 2.93. The van der Waals surface area contributed by atoms with E-state index in [4.69, 9.17) is 0 Å². The molecule has 1 N–H and O–H groups in total. The third-order valence-electron chi connectivity index (χ3n) is 3.92. The predicted octanol–water partition coefficient (Wildman–Crippen LogP) is 2.58. The molecule has 0 radical (unpaired) electrons. The van der Waals surface area contributed by atoms with E-state index in [9.17, 15) is 9.18 Å². The van der Waals surface area contributed by atoms with Crippen LogP contribution in [0.25, 0.3) is 10.9 Å². The summed E-state index contributed by atoms with van der Waals surface area (Å²) in [6.07, 6.45) is 1.39. The van der Waals surface area contributed by atoms with Crippen molar-refractivity contribution in [1.82, 2.24) is 9.97 Å². The van der Waals surface area contributed by atoms with Crippen LogP contribution in [0, 0.1) is 5.82 Å². The van der Waals surface area contributed by atoms with Gasteiger partial charge in [0.25, 0.3) is 5.56 Å². The predicted molar refractivity (Wildman–Crippen MR) is 78.7 cm³/mol. The molecular weight excluding hydrogens is 269 g/mol. The Bertz CT molecular complexity index is 903. The second-order valence-corrected chi connectivity index (χ2v) is 5.17. The quantitative estimate of drug-likeness (QED) is 0.746. The summed E-state index contributed by atoms with van der Waals surface area (Å²) >= 11 is 0. The molecule has 0 saturated heterocycles. The van der Waals surface area contributed by atoms with Crippen molar-refractivity contribution in [3.8, 4) is 0 Å². The van der Waals surface area contributed by atoms with Crippen LogP contribution in [0.5, 0.6) is 0 Å². The first-order valence-electron chi connectivity index (χ1n) is 6.71. The first kappa shape index (κ1) is 12.1. The average molecular weight is 281 g/mol. The molecule has 0 spiro atoms. The minimum Gasteiger partial charge on any atom is -0.363 e. The Morgan fingerprint density at radius 2 is 2.10 bits per heavy atom. The molecular formula is C16H12FN3O. The van der Waals surface area contributed by atoms with Gasteiger partial charge in [-0.05, 0) is 29.8 Å². The lowest BCUT2D eigenvalue weighted by Gasteiger charge is -2.17. The number of hydrogen-bond donors (Lipinski definition) is 1. The fourth-order valence-electron chi connectivity index (χ4n) is 2.82. The molecule has 2 aromatic carbocycles. The molecule has 1 aliphatic rings. The van der Waals surface area contributed by atoms with Crippen molar-refractivity contribution in [3.63, 3.8) is 0 Å². The van der Waals surface area contributed by atoms with Crippen LogP contribution >= 0.6 is 0 Å². The van der Waals surface area contributed by atoms with Crippen LogP contribution < -0.4 is 10.5 Å². The van der Waals surface area contributed by atoms with Gasteiger partial charge in [0.1, 0.15) is 5.82 Å². The molecule has 0 amide bonds. The second-order valence-electron chi connectivity index (χ2n) is 5.17. The van der Waals surface area contributed by atoms with Gasteiger partial charge in [0.2, 0.25) is 0 Å². The van der Waals surface area contributed by atoms with E-state index in [1.165, 1.54) is 12.4 Å². The molecule has 4 nitrogen and oxygen atoms in total. The number of aromatic amines is 1. The van der Waals surface area contributed by atoms with Crippen LogP contribution in [0.15, 0.2) is 47.5 Å². The lowest BCUT2D eigenvalue weighted by Crippen LogP contribution is -2.15. The van der Waals surface area contributed by atoms with Crippen LogP contribution in [-0.4, -0.2) is 9.97 Å². The summed E-state index contributed by atoms with van der Waals surface area (Å²) in [5.41, 5.74) is 3.12. The molecule has 4 rings (SSSR count). The fourth-order valence-corrected chi connectivity index (χ4v) is 2.82. The lowest BCUT2D eigenvalue weighted by atomic mass is 10.1. The molecule has 5 heteroatoms. The zero-order valence-corrected chi connectivity index (χ0v) is 11.1. The van der Waals surface area contributed by atoms with Crippen molar-refractivity contribution < 1.29 is 4.39 Å². The number of hydrogen-bond acceptors (Lipinski definition) is 3. The highest BCUT2D eigenvalue weighted by atomic mass is 19.1. The Balaban J connectivity index is 1.78. The topological polar surface area (TPSA) is 49.0 Å². The van der Waals surface area contributed by atoms with E-state index in [0.29, 0.717) is 24.0 Å². The number of H-pyrrole nitrogens is 1. The number of anilines is 1.